The molecule has 0 radical (unpaired) electrons. The minimum atomic E-state index is -0.243. The lowest BCUT2D eigenvalue weighted by atomic mass is 10.1. The maximum absolute atomic E-state index is 13.6. The molecule has 1 aromatic heterocycles. The lowest BCUT2D eigenvalue weighted by molar-refractivity contribution is 0.112. The number of hydrogen-bond donors (Lipinski definition) is 1. The first-order valence-corrected chi connectivity index (χ1v) is 9.57. The molecule has 3 aromatic rings. The third-order valence-electron chi connectivity index (χ3n) is 5.01. The normalized spacial score (nSPS) is 13.9. The standard InChI is InChI=1S/C23H22FN3O2/c1-16(19-7-5-17(15-28)6-8-19)26-23-22-21(9-10-25-23)29-12-11-27(22)14-18-3-2-4-20(24)13-18/h2-10,13,15-16H,11-12,14H2,1H3,(H,25,26). The summed E-state index contributed by atoms with van der Waals surface area (Å²) >= 11 is 0. The van der Waals surface area contributed by atoms with Gasteiger partial charge >= 0.3 is 0 Å². The Hall–Kier alpha value is -3.41. The van der Waals surface area contributed by atoms with E-state index >= 15 is 0 Å². The molecule has 0 amide bonds. The maximum Gasteiger partial charge on any atom is 0.153 e. The quantitative estimate of drug-likeness (QED) is 0.622. The Morgan fingerprint density at radius 2 is 2.07 bits per heavy atom. The van der Waals surface area contributed by atoms with Crippen LogP contribution in [0.2, 0.25) is 0 Å². The van der Waals surface area contributed by atoms with E-state index in [2.05, 4.69) is 15.2 Å². The van der Waals surface area contributed by atoms with Crippen LogP contribution < -0.4 is 15.0 Å². The van der Waals surface area contributed by atoms with Gasteiger partial charge in [0.05, 0.1) is 12.6 Å². The second-order valence-electron chi connectivity index (χ2n) is 7.06. The van der Waals surface area contributed by atoms with E-state index in [0.29, 0.717) is 31.1 Å². The fraction of sp³-hybridized carbons (Fsp3) is 0.217. The number of ether oxygens (including phenoxy) is 1. The van der Waals surface area contributed by atoms with Gasteiger partial charge in [-0.25, -0.2) is 9.37 Å². The molecule has 29 heavy (non-hydrogen) atoms. The van der Waals surface area contributed by atoms with Crippen molar-refractivity contribution in [2.24, 2.45) is 0 Å². The predicted molar refractivity (Wildman–Crippen MR) is 111 cm³/mol. The molecule has 1 aliphatic rings. The molecular weight excluding hydrogens is 369 g/mol. The summed E-state index contributed by atoms with van der Waals surface area (Å²) in [6, 6.07) is 15.9. The summed E-state index contributed by atoms with van der Waals surface area (Å²) in [6.07, 6.45) is 2.55. The largest absolute Gasteiger partial charge is 0.489 e. The second-order valence-corrected chi connectivity index (χ2v) is 7.06. The highest BCUT2D eigenvalue weighted by atomic mass is 19.1. The SMILES string of the molecule is CC(Nc1nccc2c1N(Cc1cccc(F)c1)CCO2)c1ccc(C=O)cc1. The van der Waals surface area contributed by atoms with E-state index in [1.807, 2.05) is 31.2 Å². The lowest BCUT2D eigenvalue weighted by Crippen LogP contribution is -2.33. The monoisotopic (exact) mass is 391 g/mol. The van der Waals surface area contributed by atoms with Crippen molar-refractivity contribution in [2.75, 3.05) is 23.4 Å². The molecular formula is C23H22FN3O2. The fourth-order valence-corrected chi connectivity index (χ4v) is 3.51. The number of carbonyl (C=O) groups excluding carboxylic acids is 1. The number of benzene rings is 2. The zero-order valence-electron chi connectivity index (χ0n) is 16.1. The number of aldehydes is 1. The molecule has 1 atom stereocenters. The van der Waals surface area contributed by atoms with Gasteiger partial charge in [-0.1, -0.05) is 36.4 Å². The van der Waals surface area contributed by atoms with Gasteiger partial charge in [-0.15, -0.1) is 0 Å². The van der Waals surface area contributed by atoms with Crippen molar-refractivity contribution in [3.63, 3.8) is 0 Å². The fourth-order valence-electron chi connectivity index (χ4n) is 3.51. The summed E-state index contributed by atoms with van der Waals surface area (Å²) < 4.78 is 19.5. The first-order valence-electron chi connectivity index (χ1n) is 9.57. The molecule has 0 saturated heterocycles. The summed E-state index contributed by atoms with van der Waals surface area (Å²) in [6.45, 7) is 3.86. The van der Waals surface area contributed by atoms with E-state index in [1.54, 1.807) is 30.5 Å². The average molecular weight is 391 g/mol. The number of aromatic nitrogens is 1. The van der Waals surface area contributed by atoms with Crippen LogP contribution in [0.1, 0.15) is 34.5 Å². The van der Waals surface area contributed by atoms with Crippen molar-refractivity contribution in [2.45, 2.75) is 19.5 Å². The highest BCUT2D eigenvalue weighted by Crippen LogP contribution is 2.39. The minimum Gasteiger partial charge on any atom is -0.489 e. The Kier molecular flexibility index (Phi) is 5.42. The number of pyridine rings is 1. The van der Waals surface area contributed by atoms with Gasteiger partial charge in [0.25, 0.3) is 0 Å². The molecule has 1 N–H and O–H groups in total. The van der Waals surface area contributed by atoms with Gasteiger partial charge in [0.1, 0.15) is 30.1 Å². The molecule has 5 nitrogen and oxygen atoms in total. The van der Waals surface area contributed by atoms with Crippen LogP contribution in [0, 0.1) is 5.82 Å². The maximum atomic E-state index is 13.6. The van der Waals surface area contributed by atoms with Crippen molar-refractivity contribution in [1.82, 2.24) is 4.98 Å². The number of carbonyl (C=O) groups is 1. The van der Waals surface area contributed by atoms with Gasteiger partial charge in [-0.05, 0) is 30.2 Å². The molecule has 0 spiro atoms. The number of halogens is 1. The van der Waals surface area contributed by atoms with Gasteiger partial charge in [0.2, 0.25) is 0 Å². The number of nitrogens with zero attached hydrogens (tertiary/aromatic N) is 2. The van der Waals surface area contributed by atoms with Crippen LogP contribution in [0.3, 0.4) is 0 Å². The average Bonchev–Trinajstić information content (AvgIpc) is 2.74. The number of nitrogens with one attached hydrogen (secondary N) is 1. The highest BCUT2D eigenvalue weighted by Gasteiger charge is 2.24. The zero-order valence-corrected chi connectivity index (χ0v) is 16.1. The summed E-state index contributed by atoms with van der Waals surface area (Å²) in [5, 5.41) is 3.46. The minimum absolute atomic E-state index is 0.0207. The zero-order chi connectivity index (χ0) is 20.2. The van der Waals surface area contributed by atoms with E-state index in [-0.39, 0.29) is 11.9 Å². The van der Waals surface area contributed by atoms with E-state index < -0.39 is 0 Å². The summed E-state index contributed by atoms with van der Waals surface area (Å²) in [5.41, 5.74) is 3.46. The lowest BCUT2D eigenvalue weighted by Gasteiger charge is -2.33. The van der Waals surface area contributed by atoms with Gasteiger partial charge in [0.15, 0.2) is 5.82 Å². The smallest absolute Gasteiger partial charge is 0.153 e. The Balaban J connectivity index is 1.60. The van der Waals surface area contributed by atoms with Crippen LogP contribution in [-0.4, -0.2) is 24.4 Å². The molecule has 0 aliphatic carbocycles. The molecule has 0 fully saturated rings. The van der Waals surface area contributed by atoms with E-state index in [9.17, 15) is 9.18 Å². The van der Waals surface area contributed by atoms with Crippen molar-refractivity contribution in [3.8, 4) is 5.75 Å². The van der Waals surface area contributed by atoms with Crippen LogP contribution >= 0.6 is 0 Å². The Bertz CT molecular complexity index is 1010. The van der Waals surface area contributed by atoms with Gasteiger partial charge < -0.3 is 15.0 Å². The number of rotatable bonds is 6. The van der Waals surface area contributed by atoms with Crippen LogP contribution in [0.4, 0.5) is 15.9 Å². The van der Waals surface area contributed by atoms with Crippen molar-refractivity contribution < 1.29 is 13.9 Å². The number of hydrogen-bond acceptors (Lipinski definition) is 5. The molecule has 2 aromatic carbocycles. The first kappa shape index (κ1) is 18.9. The van der Waals surface area contributed by atoms with Gasteiger partial charge in [-0.2, -0.15) is 0 Å². The molecule has 1 unspecified atom stereocenters. The summed E-state index contributed by atoms with van der Waals surface area (Å²) in [5.74, 6) is 1.23. The Morgan fingerprint density at radius 3 is 2.83 bits per heavy atom. The summed E-state index contributed by atoms with van der Waals surface area (Å²) in [4.78, 5) is 17.6. The van der Waals surface area contributed by atoms with Crippen molar-refractivity contribution >= 4 is 17.8 Å². The van der Waals surface area contributed by atoms with Crippen LogP contribution in [0.15, 0.2) is 60.8 Å². The Labute approximate surface area is 169 Å². The second kappa shape index (κ2) is 8.31. The number of fused-ring (bicyclic) bond motifs is 1. The predicted octanol–water partition coefficient (Wildman–Crippen LogP) is 4.61. The molecule has 148 valence electrons. The van der Waals surface area contributed by atoms with Crippen LogP contribution in [-0.2, 0) is 6.54 Å². The van der Waals surface area contributed by atoms with Crippen LogP contribution in [0.25, 0.3) is 0 Å². The van der Waals surface area contributed by atoms with Crippen molar-refractivity contribution in [1.29, 1.82) is 0 Å². The van der Waals surface area contributed by atoms with Crippen LogP contribution in [0.5, 0.6) is 5.75 Å². The highest BCUT2D eigenvalue weighted by molar-refractivity contribution is 5.75. The van der Waals surface area contributed by atoms with E-state index in [4.69, 9.17) is 4.74 Å². The third-order valence-corrected chi connectivity index (χ3v) is 5.01. The molecule has 6 heteroatoms. The Morgan fingerprint density at radius 1 is 1.24 bits per heavy atom. The molecule has 2 heterocycles. The summed E-state index contributed by atoms with van der Waals surface area (Å²) in [7, 11) is 0. The van der Waals surface area contributed by atoms with Gasteiger partial charge in [-0.3, -0.25) is 4.79 Å². The number of anilines is 2. The van der Waals surface area contributed by atoms with E-state index in [0.717, 1.165) is 28.8 Å². The van der Waals surface area contributed by atoms with E-state index in [1.165, 1.54) is 6.07 Å². The first-order chi connectivity index (χ1) is 14.1. The molecule has 1 aliphatic heterocycles. The third kappa shape index (κ3) is 4.21. The van der Waals surface area contributed by atoms with Crippen molar-refractivity contribution in [3.05, 3.63) is 83.3 Å². The molecule has 4 rings (SSSR count). The van der Waals surface area contributed by atoms with Gasteiger partial charge in [0, 0.05) is 24.4 Å². The topological polar surface area (TPSA) is 54.5 Å². The molecule has 0 saturated carbocycles. The molecule has 0 bridgehead atoms.